The number of amides is 3. The van der Waals surface area contributed by atoms with Crippen molar-refractivity contribution in [2.75, 3.05) is 25.4 Å². The minimum Gasteiger partial charge on any atom is -0.443 e. The number of hydrogen-bond donors (Lipinski definition) is 1. The minimum atomic E-state index is -3.74. The molecule has 144 valence electrons. The number of ether oxygens (including phenoxy) is 1. The Kier molecular flexibility index (Phi) is 4.39. The van der Waals surface area contributed by atoms with Crippen LogP contribution in [0.4, 0.5) is 4.79 Å². The third kappa shape index (κ3) is 3.54. The first-order valence-corrected chi connectivity index (χ1v) is 10.4. The minimum absolute atomic E-state index is 0.0284. The van der Waals surface area contributed by atoms with Gasteiger partial charge in [0.05, 0.1) is 23.4 Å². The molecule has 10 heteroatoms. The molecule has 0 spiro atoms. The molecule has 0 radical (unpaired) electrons. The lowest BCUT2D eigenvalue weighted by Crippen LogP contribution is -2.40. The van der Waals surface area contributed by atoms with E-state index >= 15 is 0 Å². The van der Waals surface area contributed by atoms with Crippen molar-refractivity contribution in [1.82, 2.24) is 14.5 Å². The summed E-state index contributed by atoms with van der Waals surface area (Å²) in [5.74, 6) is -1.39. The predicted molar refractivity (Wildman–Crippen MR) is 93.6 cm³/mol. The van der Waals surface area contributed by atoms with Crippen molar-refractivity contribution in [3.63, 3.8) is 0 Å². The molecule has 1 N–H and O–H groups in total. The van der Waals surface area contributed by atoms with Gasteiger partial charge >= 0.3 is 6.09 Å². The predicted octanol–water partition coefficient (Wildman–Crippen LogP) is 0.185. The van der Waals surface area contributed by atoms with Gasteiger partial charge in [-0.2, -0.15) is 0 Å². The Morgan fingerprint density at radius 3 is 2.30 bits per heavy atom. The van der Waals surface area contributed by atoms with Gasteiger partial charge < -0.3 is 9.64 Å². The molecule has 2 aliphatic heterocycles. The van der Waals surface area contributed by atoms with Gasteiger partial charge in [0, 0.05) is 19.1 Å². The fourth-order valence-electron chi connectivity index (χ4n) is 3.28. The van der Waals surface area contributed by atoms with E-state index in [-0.39, 0.29) is 30.3 Å². The highest BCUT2D eigenvalue weighted by Gasteiger charge is 2.41. The molecule has 1 aromatic carbocycles. The number of hydrogen-bond acceptors (Lipinski definition) is 6. The molecule has 2 heterocycles. The smallest absolute Gasteiger partial charge is 0.410 e. The van der Waals surface area contributed by atoms with Gasteiger partial charge in [0.15, 0.2) is 0 Å². The first-order chi connectivity index (χ1) is 12.9. The molecule has 2 fully saturated rings. The number of imide groups is 1. The zero-order valence-corrected chi connectivity index (χ0v) is 15.3. The molecule has 1 aromatic rings. The van der Waals surface area contributed by atoms with Crippen molar-refractivity contribution >= 4 is 27.9 Å². The number of rotatable bonds is 7. The van der Waals surface area contributed by atoms with Crippen molar-refractivity contribution in [2.45, 2.75) is 25.0 Å². The molecule has 1 saturated heterocycles. The van der Waals surface area contributed by atoms with Crippen LogP contribution in [0.15, 0.2) is 24.3 Å². The largest absolute Gasteiger partial charge is 0.443 e. The van der Waals surface area contributed by atoms with Crippen LogP contribution in [0.1, 0.15) is 33.6 Å². The second-order valence-corrected chi connectivity index (χ2v) is 8.79. The van der Waals surface area contributed by atoms with Gasteiger partial charge in [-0.3, -0.25) is 14.5 Å². The third-order valence-corrected chi connectivity index (χ3v) is 6.21. The molecule has 27 heavy (non-hydrogen) atoms. The van der Waals surface area contributed by atoms with Crippen LogP contribution in [0.25, 0.3) is 0 Å². The van der Waals surface area contributed by atoms with Crippen LogP contribution in [0, 0.1) is 0 Å². The summed E-state index contributed by atoms with van der Waals surface area (Å²) in [6.45, 7) is 0.101. The summed E-state index contributed by atoms with van der Waals surface area (Å²) in [5.41, 5.74) is 0.566. The average molecular weight is 393 g/mol. The van der Waals surface area contributed by atoms with Gasteiger partial charge in [0.25, 0.3) is 11.8 Å². The summed E-state index contributed by atoms with van der Waals surface area (Å²) in [6.07, 6.45) is 0.960. The zero-order chi connectivity index (χ0) is 19.2. The number of nitrogens with zero attached hydrogens (tertiary/aromatic N) is 2. The van der Waals surface area contributed by atoms with E-state index in [0.29, 0.717) is 6.54 Å². The van der Waals surface area contributed by atoms with Gasteiger partial charge in [0.2, 0.25) is 10.0 Å². The average Bonchev–Trinajstić information content (AvgIpc) is 3.37. The molecule has 3 aliphatic rings. The van der Waals surface area contributed by atoms with E-state index in [1.165, 1.54) is 0 Å². The quantitative estimate of drug-likeness (QED) is 0.662. The third-order valence-electron chi connectivity index (χ3n) is 4.88. The normalized spacial score (nSPS) is 22.4. The highest BCUT2D eigenvalue weighted by Crippen LogP contribution is 2.30. The first-order valence-electron chi connectivity index (χ1n) is 8.75. The topological polar surface area (TPSA) is 113 Å². The summed E-state index contributed by atoms with van der Waals surface area (Å²) in [6, 6.07) is 6.61. The molecule has 0 aromatic heterocycles. The van der Waals surface area contributed by atoms with Crippen molar-refractivity contribution in [3.05, 3.63) is 35.4 Å². The number of carbonyl (C=O) groups is 3. The van der Waals surface area contributed by atoms with Crippen molar-refractivity contribution in [2.24, 2.45) is 0 Å². The SMILES string of the molecule is O=C1c2ccccc2C(=O)N1CCS(=O)(=O)NCC1CN(C2CC2)C(=O)O1. The van der Waals surface area contributed by atoms with E-state index in [1.54, 1.807) is 29.2 Å². The molecule has 1 unspecified atom stereocenters. The first kappa shape index (κ1) is 17.9. The van der Waals surface area contributed by atoms with Crippen LogP contribution < -0.4 is 4.72 Å². The molecule has 3 amide bonds. The fourth-order valence-corrected chi connectivity index (χ4v) is 4.28. The van der Waals surface area contributed by atoms with Gasteiger partial charge in [0.1, 0.15) is 6.10 Å². The van der Waals surface area contributed by atoms with E-state index in [1.807, 2.05) is 0 Å². The Balaban J connectivity index is 1.30. The summed E-state index contributed by atoms with van der Waals surface area (Å²) in [4.78, 5) is 38.8. The van der Waals surface area contributed by atoms with Gasteiger partial charge in [-0.05, 0) is 25.0 Å². The molecule has 1 aliphatic carbocycles. The van der Waals surface area contributed by atoms with Gasteiger partial charge in [-0.15, -0.1) is 0 Å². The lowest BCUT2D eigenvalue weighted by atomic mass is 10.1. The number of benzene rings is 1. The maximum absolute atomic E-state index is 12.3. The maximum Gasteiger partial charge on any atom is 0.410 e. The van der Waals surface area contributed by atoms with E-state index in [4.69, 9.17) is 4.74 Å². The number of carbonyl (C=O) groups excluding carboxylic acids is 3. The number of sulfonamides is 1. The Morgan fingerprint density at radius 1 is 1.07 bits per heavy atom. The van der Waals surface area contributed by atoms with Crippen LogP contribution in [0.5, 0.6) is 0 Å². The highest BCUT2D eigenvalue weighted by atomic mass is 32.2. The summed E-state index contributed by atoms with van der Waals surface area (Å²) < 4.78 is 32.0. The maximum atomic E-state index is 12.3. The van der Waals surface area contributed by atoms with Crippen LogP contribution in [0.2, 0.25) is 0 Å². The Hall–Kier alpha value is -2.46. The van der Waals surface area contributed by atoms with E-state index in [0.717, 1.165) is 17.7 Å². The second kappa shape index (κ2) is 6.61. The lowest BCUT2D eigenvalue weighted by molar-refractivity contribution is 0.0663. The van der Waals surface area contributed by atoms with Crippen molar-refractivity contribution in [3.8, 4) is 0 Å². The Bertz CT molecular complexity index is 876. The highest BCUT2D eigenvalue weighted by molar-refractivity contribution is 7.89. The van der Waals surface area contributed by atoms with Crippen LogP contribution in [0.3, 0.4) is 0 Å². The van der Waals surface area contributed by atoms with E-state index in [2.05, 4.69) is 4.72 Å². The molecule has 0 bridgehead atoms. The second-order valence-electron chi connectivity index (χ2n) is 6.86. The van der Waals surface area contributed by atoms with Crippen LogP contribution >= 0.6 is 0 Å². The van der Waals surface area contributed by atoms with Crippen LogP contribution in [-0.2, 0) is 14.8 Å². The number of fused-ring (bicyclic) bond motifs is 1. The number of cyclic esters (lactones) is 1. The standard InChI is InChI=1S/C17H19N3O6S/c21-15-13-3-1-2-4-14(13)16(22)19(15)7-8-27(24,25)18-9-12-10-20(11-5-6-11)17(23)26-12/h1-4,11-12,18H,5-10H2. The Morgan fingerprint density at radius 2 is 1.70 bits per heavy atom. The van der Waals surface area contributed by atoms with Crippen LogP contribution in [-0.4, -0.2) is 73.7 Å². The number of nitrogens with one attached hydrogen (secondary N) is 1. The van der Waals surface area contributed by atoms with Crippen molar-refractivity contribution in [1.29, 1.82) is 0 Å². The fraction of sp³-hybridized carbons (Fsp3) is 0.471. The lowest BCUT2D eigenvalue weighted by Gasteiger charge is -2.15. The summed E-state index contributed by atoms with van der Waals surface area (Å²) in [7, 11) is -3.74. The molecule has 9 nitrogen and oxygen atoms in total. The molecule has 1 atom stereocenters. The molecule has 4 rings (SSSR count). The zero-order valence-electron chi connectivity index (χ0n) is 14.5. The van der Waals surface area contributed by atoms with Gasteiger partial charge in [-0.1, -0.05) is 12.1 Å². The van der Waals surface area contributed by atoms with Gasteiger partial charge in [-0.25, -0.2) is 17.9 Å². The Labute approximate surface area is 156 Å². The van der Waals surface area contributed by atoms with E-state index in [9.17, 15) is 22.8 Å². The summed E-state index contributed by atoms with van der Waals surface area (Å²) in [5, 5.41) is 0. The summed E-state index contributed by atoms with van der Waals surface area (Å²) >= 11 is 0. The molecular weight excluding hydrogens is 374 g/mol. The van der Waals surface area contributed by atoms with E-state index < -0.39 is 39.8 Å². The molecule has 1 saturated carbocycles. The monoisotopic (exact) mass is 393 g/mol. The van der Waals surface area contributed by atoms with Crippen molar-refractivity contribution < 1.29 is 27.5 Å². The molecular formula is C17H19N3O6S.